The first kappa shape index (κ1) is 16.5. The van der Waals surface area contributed by atoms with Gasteiger partial charge in [0.25, 0.3) is 0 Å². The Morgan fingerprint density at radius 3 is 2.60 bits per heavy atom. The molecule has 1 aliphatic heterocycles. The van der Waals surface area contributed by atoms with E-state index in [4.69, 9.17) is 9.97 Å². The fraction of sp³-hybridized carbons (Fsp3) is 0.400. The SMILES string of the molecule is CCC[NH+]1CCN(c2nc(C)nc3scc(-c4ccccc4)c23)CC1. The molecule has 4 nitrogen and oxygen atoms in total. The van der Waals surface area contributed by atoms with Crippen LogP contribution in [0, 0.1) is 6.92 Å². The van der Waals surface area contributed by atoms with E-state index < -0.39 is 0 Å². The van der Waals surface area contributed by atoms with Crippen LogP contribution < -0.4 is 9.80 Å². The Balaban J connectivity index is 1.74. The molecule has 0 bridgehead atoms. The largest absolute Gasteiger partial charge is 0.345 e. The molecule has 5 heteroatoms. The van der Waals surface area contributed by atoms with Crippen molar-refractivity contribution < 1.29 is 4.90 Å². The molecule has 4 rings (SSSR count). The van der Waals surface area contributed by atoms with Gasteiger partial charge in [0.15, 0.2) is 0 Å². The van der Waals surface area contributed by atoms with Crippen LogP contribution in [0.25, 0.3) is 21.3 Å². The van der Waals surface area contributed by atoms with Crippen molar-refractivity contribution in [2.24, 2.45) is 0 Å². The minimum Gasteiger partial charge on any atom is -0.345 e. The zero-order valence-electron chi connectivity index (χ0n) is 15.0. The van der Waals surface area contributed by atoms with Crippen molar-refractivity contribution in [2.45, 2.75) is 20.3 Å². The van der Waals surface area contributed by atoms with Crippen molar-refractivity contribution in [2.75, 3.05) is 37.6 Å². The highest BCUT2D eigenvalue weighted by Gasteiger charge is 2.24. The number of thiophene rings is 1. The smallest absolute Gasteiger partial charge is 0.142 e. The second kappa shape index (κ2) is 7.10. The van der Waals surface area contributed by atoms with Gasteiger partial charge in [-0.3, -0.25) is 0 Å². The molecule has 25 heavy (non-hydrogen) atoms. The van der Waals surface area contributed by atoms with Gasteiger partial charge in [0.05, 0.1) is 38.1 Å². The van der Waals surface area contributed by atoms with Crippen LogP contribution in [0.3, 0.4) is 0 Å². The Morgan fingerprint density at radius 1 is 1.12 bits per heavy atom. The molecular formula is C20H25N4S+. The van der Waals surface area contributed by atoms with Crippen LogP contribution in [0.5, 0.6) is 0 Å². The standard InChI is InChI=1S/C20H24N4S/c1-3-9-23-10-12-24(13-11-23)19-18-17(16-7-5-4-6-8-16)14-25-20(18)22-15(2)21-19/h4-8,14H,3,9-13H2,1-2H3/p+1. The van der Waals surface area contributed by atoms with Gasteiger partial charge in [0, 0.05) is 10.9 Å². The number of aromatic nitrogens is 2. The molecule has 1 fully saturated rings. The van der Waals surface area contributed by atoms with E-state index in [2.05, 4.69) is 47.5 Å². The average molecular weight is 354 g/mol. The molecule has 1 N–H and O–H groups in total. The van der Waals surface area contributed by atoms with Gasteiger partial charge in [-0.05, 0) is 18.9 Å². The topological polar surface area (TPSA) is 33.5 Å². The predicted molar refractivity (Wildman–Crippen MR) is 106 cm³/mol. The van der Waals surface area contributed by atoms with Gasteiger partial charge in [-0.15, -0.1) is 11.3 Å². The van der Waals surface area contributed by atoms with Gasteiger partial charge in [-0.1, -0.05) is 37.3 Å². The summed E-state index contributed by atoms with van der Waals surface area (Å²) < 4.78 is 0. The Labute approximate surface area is 153 Å². The van der Waals surface area contributed by atoms with Crippen molar-refractivity contribution in [3.05, 3.63) is 41.5 Å². The van der Waals surface area contributed by atoms with Crippen molar-refractivity contribution >= 4 is 27.4 Å². The summed E-state index contributed by atoms with van der Waals surface area (Å²) in [6.07, 6.45) is 1.26. The van der Waals surface area contributed by atoms with Gasteiger partial charge in [-0.25, -0.2) is 9.97 Å². The molecule has 130 valence electrons. The lowest BCUT2D eigenvalue weighted by atomic mass is 10.1. The lowest BCUT2D eigenvalue weighted by Gasteiger charge is -2.33. The number of hydrogen-bond acceptors (Lipinski definition) is 4. The minimum atomic E-state index is 0.868. The van der Waals surface area contributed by atoms with Gasteiger partial charge in [0.1, 0.15) is 16.5 Å². The highest BCUT2D eigenvalue weighted by Crippen LogP contribution is 2.38. The molecule has 0 amide bonds. The maximum atomic E-state index is 4.87. The van der Waals surface area contributed by atoms with Crippen molar-refractivity contribution in [3.8, 4) is 11.1 Å². The monoisotopic (exact) mass is 353 g/mol. The first-order chi connectivity index (χ1) is 12.3. The molecule has 0 spiro atoms. The summed E-state index contributed by atoms with van der Waals surface area (Å²) >= 11 is 1.73. The van der Waals surface area contributed by atoms with Crippen LogP contribution in [0.1, 0.15) is 19.2 Å². The maximum Gasteiger partial charge on any atom is 0.142 e. The van der Waals surface area contributed by atoms with E-state index in [1.165, 1.54) is 42.6 Å². The van der Waals surface area contributed by atoms with Crippen molar-refractivity contribution in [1.82, 2.24) is 9.97 Å². The molecule has 0 unspecified atom stereocenters. The fourth-order valence-electron chi connectivity index (χ4n) is 3.72. The third-order valence-corrected chi connectivity index (χ3v) is 5.86. The number of hydrogen-bond donors (Lipinski definition) is 1. The zero-order valence-corrected chi connectivity index (χ0v) is 15.8. The molecular weight excluding hydrogens is 328 g/mol. The zero-order chi connectivity index (χ0) is 17.2. The van der Waals surface area contributed by atoms with Crippen LogP contribution in [-0.4, -0.2) is 42.7 Å². The maximum absolute atomic E-state index is 4.87. The lowest BCUT2D eigenvalue weighted by Crippen LogP contribution is -3.14. The fourth-order valence-corrected chi connectivity index (χ4v) is 4.71. The number of nitrogens with one attached hydrogen (secondary N) is 1. The summed E-state index contributed by atoms with van der Waals surface area (Å²) in [5.41, 5.74) is 2.51. The molecule has 0 aliphatic carbocycles. The summed E-state index contributed by atoms with van der Waals surface area (Å²) in [5, 5.41) is 3.46. The summed E-state index contributed by atoms with van der Waals surface area (Å²) in [6, 6.07) is 10.6. The van der Waals surface area contributed by atoms with Crippen LogP contribution in [0.15, 0.2) is 35.7 Å². The third-order valence-electron chi connectivity index (χ3n) is 4.98. The predicted octanol–water partition coefficient (Wildman–Crippen LogP) is 2.78. The number of rotatable bonds is 4. The first-order valence-electron chi connectivity index (χ1n) is 9.16. The molecule has 1 aliphatic rings. The van der Waals surface area contributed by atoms with Gasteiger partial charge in [-0.2, -0.15) is 0 Å². The number of piperazine rings is 1. The third kappa shape index (κ3) is 3.26. The number of fused-ring (bicyclic) bond motifs is 1. The van der Waals surface area contributed by atoms with Gasteiger partial charge >= 0.3 is 0 Å². The van der Waals surface area contributed by atoms with Crippen LogP contribution in [0.2, 0.25) is 0 Å². The van der Waals surface area contributed by atoms with E-state index >= 15 is 0 Å². The molecule has 3 aromatic rings. The molecule has 1 aromatic carbocycles. The van der Waals surface area contributed by atoms with Crippen LogP contribution in [0.4, 0.5) is 5.82 Å². The summed E-state index contributed by atoms with van der Waals surface area (Å²) in [7, 11) is 0. The highest BCUT2D eigenvalue weighted by molar-refractivity contribution is 7.17. The summed E-state index contributed by atoms with van der Waals surface area (Å²) in [4.78, 5) is 14.9. The van der Waals surface area contributed by atoms with Gasteiger partial charge < -0.3 is 9.80 Å². The van der Waals surface area contributed by atoms with E-state index in [1.54, 1.807) is 16.2 Å². The molecule has 3 heterocycles. The van der Waals surface area contributed by atoms with Crippen molar-refractivity contribution in [3.63, 3.8) is 0 Å². The molecule has 0 radical (unpaired) electrons. The van der Waals surface area contributed by atoms with Crippen LogP contribution in [-0.2, 0) is 0 Å². The Kier molecular flexibility index (Phi) is 4.68. The number of quaternary nitrogens is 1. The number of benzene rings is 1. The van der Waals surface area contributed by atoms with E-state index in [-0.39, 0.29) is 0 Å². The highest BCUT2D eigenvalue weighted by atomic mass is 32.1. The molecule has 1 saturated heterocycles. The molecule has 0 saturated carbocycles. The average Bonchev–Trinajstić information content (AvgIpc) is 3.06. The Hall–Kier alpha value is -1.98. The lowest BCUT2D eigenvalue weighted by molar-refractivity contribution is -0.900. The quantitative estimate of drug-likeness (QED) is 0.783. The van der Waals surface area contributed by atoms with E-state index in [0.717, 1.165) is 29.6 Å². The Bertz CT molecular complexity index is 851. The molecule has 2 aromatic heterocycles. The summed E-state index contributed by atoms with van der Waals surface area (Å²) in [5.74, 6) is 1.99. The van der Waals surface area contributed by atoms with Crippen molar-refractivity contribution in [1.29, 1.82) is 0 Å². The summed E-state index contributed by atoms with van der Waals surface area (Å²) in [6.45, 7) is 10.1. The van der Waals surface area contributed by atoms with Gasteiger partial charge in [0.2, 0.25) is 0 Å². The number of anilines is 1. The van der Waals surface area contributed by atoms with E-state index in [1.807, 2.05) is 6.92 Å². The minimum absolute atomic E-state index is 0.868. The molecule has 0 atom stereocenters. The second-order valence-corrected chi connectivity index (χ2v) is 7.64. The first-order valence-corrected chi connectivity index (χ1v) is 10.0. The van der Waals surface area contributed by atoms with E-state index in [9.17, 15) is 0 Å². The number of aryl methyl sites for hydroxylation is 1. The number of nitrogens with zero attached hydrogens (tertiary/aromatic N) is 3. The van der Waals surface area contributed by atoms with E-state index in [0.29, 0.717) is 0 Å². The normalized spacial score (nSPS) is 15.8. The Morgan fingerprint density at radius 2 is 1.88 bits per heavy atom. The second-order valence-electron chi connectivity index (χ2n) is 6.78. The van der Waals surface area contributed by atoms with Crippen LogP contribution >= 0.6 is 11.3 Å².